The van der Waals surface area contributed by atoms with E-state index in [4.69, 9.17) is 46.4 Å². The molecule has 2 aromatic carbocycles. The second-order valence-electron chi connectivity index (χ2n) is 3.84. The average molecular weight is 333 g/mol. The van der Waals surface area contributed by atoms with E-state index in [0.717, 1.165) is 5.56 Å². The lowest BCUT2D eigenvalue weighted by Gasteiger charge is -2.05. The molecule has 0 unspecified atom stereocenters. The van der Waals surface area contributed by atoms with Gasteiger partial charge in [0.05, 0.1) is 26.6 Å². The van der Waals surface area contributed by atoms with Crippen LogP contribution in [0.15, 0.2) is 41.4 Å². The molecule has 0 saturated carbocycles. The SMILES string of the molecule is Clc1cc(C=NCc2ccccc2)c(Cl)c(Cl)c1Cl. The zero-order valence-corrected chi connectivity index (χ0v) is 12.7. The molecule has 0 fully saturated rings. The Morgan fingerprint density at radius 3 is 2.26 bits per heavy atom. The van der Waals surface area contributed by atoms with E-state index < -0.39 is 0 Å². The minimum atomic E-state index is 0.247. The highest BCUT2D eigenvalue weighted by Gasteiger charge is 2.11. The van der Waals surface area contributed by atoms with Gasteiger partial charge in [-0.15, -0.1) is 0 Å². The topological polar surface area (TPSA) is 12.4 Å². The first-order valence-corrected chi connectivity index (χ1v) is 6.97. The summed E-state index contributed by atoms with van der Waals surface area (Å²) in [5, 5.41) is 1.22. The smallest absolute Gasteiger partial charge is 0.0800 e. The predicted molar refractivity (Wildman–Crippen MR) is 84.2 cm³/mol. The number of nitrogens with zero attached hydrogens (tertiary/aromatic N) is 1. The van der Waals surface area contributed by atoms with Crippen molar-refractivity contribution in [2.45, 2.75) is 6.54 Å². The molecule has 0 aromatic heterocycles. The molecule has 0 heterocycles. The quantitative estimate of drug-likeness (QED) is 0.376. The largest absolute Gasteiger partial charge is 0.288 e. The lowest BCUT2D eigenvalue weighted by Crippen LogP contribution is -1.88. The maximum atomic E-state index is 6.09. The van der Waals surface area contributed by atoms with E-state index in [1.807, 2.05) is 30.3 Å². The highest BCUT2D eigenvalue weighted by molar-refractivity contribution is 6.52. The summed E-state index contributed by atoms with van der Waals surface area (Å²) in [5.74, 6) is 0. The van der Waals surface area contributed by atoms with Crippen LogP contribution in [0.1, 0.15) is 11.1 Å². The summed E-state index contributed by atoms with van der Waals surface area (Å²) >= 11 is 23.9. The first-order valence-electron chi connectivity index (χ1n) is 5.46. The van der Waals surface area contributed by atoms with Gasteiger partial charge in [0.25, 0.3) is 0 Å². The fourth-order valence-electron chi connectivity index (χ4n) is 1.52. The summed E-state index contributed by atoms with van der Waals surface area (Å²) in [6.45, 7) is 0.565. The average Bonchev–Trinajstić information content (AvgIpc) is 2.43. The normalized spacial score (nSPS) is 11.2. The highest BCUT2D eigenvalue weighted by Crippen LogP contribution is 2.37. The fourth-order valence-corrected chi connectivity index (χ4v) is 2.38. The van der Waals surface area contributed by atoms with E-state index in [2.05, 4.69) is 4.99 Å². The summed E-state index contributed by atoms with van der Waals surface area (Å²) in [6.07, 6.45) is 1.64. The van der Waals surface area contributed by atoms with Crippen molar-refractivity contribution in [3.8, 4) is 0 Å². The standard InChI is InChI=1S/C14H9Cl4N/c15-11-6-10(12(16)14(18)13(11)17)8-19-7-9-4-2-1-3-5-9/h1-6,8H,7H2. The summed E-state index contributed by atoms with van der Waals surface area (Å²) < 4.78 is 0. The molecule has 0 amide bonds. The van der Waals surface area contributed by atoms with Crippen LogP contribution in [0.2, 0.25) is 20.1 Å². The second-order valence-corrected chi connectivity index (χ2v) is 5.39. The zero-order chi connectivity index (χ0) is 13.8. The van der Waals surface area contributed by atoms with Gasteiger partial charge in [-0.05, 0) is 11.6 Å². The highest BCUT2D eigenvalue weighted by atomic mass is 35.5. The van der Waals surface area contributed by atoms with Gasteiger partial charge in [0.15, 0.2) is 0 Å². The van der Waals surface area contributed by atoms with E-state index in [0.29, 0.717) is 22.2 Å². The Kier molecular flexibility index (Phi) is 5.12. The van der Waals surface area contributed by atoms with Crippen molar-refractivity contribution in [2.24, 2.45) is 4.99 Å². The molecule has 5 heteroatoms. The Morgan fingerprint density at radius 1 is 0.895 bits per heavy atom. The third kappa shape index (κ3) is 3.64. The van der Waals surface area contributed by atoms with Gasteiger partial charge in [-0.25, -0.2) is 0 Å². The van der Waals surface area contributed by atoms with E-state index in [1.165, 1.54) is 0 Å². The number of rotatable bonds is 3. The Labute approximate surface area is 131 Å². The lowest BCUT2D eigenvalue weighted by atomic mass is 10.2. The molecule has 0 N–H and O–H groups in total. The third-order valence-corrected chi connectivity index (χ3v) is 4.24. The van der Waals surface area contributed by atoms with Crippen LogP contribution in [0.4, 0.5) is 0 Å². The van der Waals surface area contributed by atoms with Crippen LogP contribution in [0, 0.1) is 0 Å². The molecule has 0 spiro atoms. The molecule has 0 saturated heterocycles. The molecule has 0 aliphatic heterocycles. The Bertz CT molecular complexity index is 609. The van der Waals surface area contributed by atoms with Gasteiger partial charge < -0.3 is 0 Å². The second kappa shape index (κ2) is 6.62. The van der Waals surface area contributed by atoms with Crippen molar-refractivity contribution in [3.05, 3.63) is 67.6 Å². The van der Waals surface area contributed by atoms with Gasteiger partial charge in [0.1, 0.15) is 0 Å². The van der Waals surface area contributed by atoms with Crippen molar-refractivity contribution >= 4 is 52.6 Å². The first kappa shape index (κ1) is 14.7. The van der Waals surface area contributed by atoms with Crippen LogP contribution in [0.5, 0.6) is 0 Å². The minimum absolute atomic E-state index is 0.247. The van der Waals surface area contributed by atoms with Crippen molar-refractivity contribution in [2.75, 3.05) is 0 Å². The van der Waals surface area contributed by atoms with E-state index in [9.17, 15) is 0 Å². The predicted octanol–water partition coefficient (Wildman–Crippen LogP) is 5.92. The van der Waals surface area contributed by atoms with Gasteiger partial charge in [-0.1, -0.05) is 76.7 Å². The molecule has 1 nitrogen and oxygen atoms in total. The van der Waals surface area contributed by atoms with Crippen LogP contribution in [-0.2, 0) is 6.54 Å². The van der Waals surface area contributed by atoms with Crippen molar-refractivity contribution < 1.29 is 0 Å². The van der Waals surface area contributed by atoms with Gasteiger partial charge in [-0.2, -0.15) is 0 Å². The maximum Gasteiger partial charge on any atom is 0.0800 e. The molecule has 0 bridgehead atoms. The monoisotopic (exact) mass is 331 g/mol. The van der Waals surface area contributed by atoms with E-state index in [1.54, 1.807) is 12.3 Å². The molecule has 2 aromatic rings. The van der Waals surface area contributed by atoms with Gasteiger partial charge in [0, 0.05) is 11.8 Å². The number of benzene rings is 2. The Hall–Kier alpha value is -0.730. The van der Waals surface area contributed by atoms with Crippen LogP contribution in [0.25, 0.3) is 0 Å². The minimum Gasteiger partial charge on any atom is -0.288 e. The van der Waals surface area contributed by atoms with Crippen LogP contribution < -0.4 is 0 Å². The zero-order valence-electron chi connectivity index (χ0n) is 9.71. The van der Waals surface area contributed by atoms with Crippen molar-refractivity contribution in [3.63, 3.8) is 0 Å². The molecule has 19 heavy (non-hydrogen) atoms. The molecule has 0 aliphatic rings. The molecule has 0 atom stereocenters. The number of halogens is 4. The molecular formula is C14H9Cl4N. The molecule has 98 valence electrons. The van der Waals surface area contributed by atoms with Crippen LogP contribution in [0.3, 0.4) is 0 Å². The van der Waals surface area contributed by atoms with E-state index in [-0.39, 0.29) is 10.0 Å². The van der Waals surface area contributed by atoms with Crippen molar-refractivity contribution in [1.82, 2.24) is 0 Å². The summed E-state index contributed by atoms with van der Waals surface area (Å²) in [4.78, 5) is 4.31. The third-order valence-electron chi connectivity index (χ3n) is 2.48. The van der Waals surface area contributed by atoms with Crippen molar-refractivity contribution in [1.29, 1.82) is 0 Å². The van der Waals surface area contributed by atoms with Gasteiger partial charge >= 0.3 is 0 Å². The summed E-state index contributed by atoms with van der Waals surface area (Å²) in [7, 11) is 0. The molecular weight excluding hydrogens is 324 g/mol. The Morgan fingerprint density at radius 2 is 1.58 bits per heavy atom. The molecule has 2 rings (SSSR count). The molecule has 0 aliphatic carbocycles. The maximum absolute atomic E-state index is 6.09. The van der Waals surface area contributed by atoms with Crippen LogP contribution in [-0.4, -0.2) is 6.21 Å². The Balaban J connectivity index is 2.20. The number of hydrogen-bond acceptors (Lipinski definition) is 1. The fraction of sp³-hybridized carbons (Fsp3) is 0.0714. The summed E-state index contributed by atoms with van der Waals surface area (Å²) in [5.41, 5.74) is 1.76. The number of hydrogen-bond donors (Lipinski definition) is 0. The lowest BCUT2D eigenvalue weighted by molar-refractivity contribution is 1.08. The summed E-state index contributed by atoms with van der Waals surface area (Å²) in [6, 6.07) is 11.5. The first-order chi connectivity index (χ1) is 9.09. The van der Waals surface area contributed by atoms with Crippen LogP contribution >= 0.6 is 46.4 Å². The van der Waals surface area contributed by atoms with Gasteiger partial charge in [-0.3, -0.25) is 4.99 Å². The van der Waals surface area contributed by atoms with E-state index >= 15 is 0 Å². The molecule has 0 radical (unpaired) electrons. The van der Waals surface area contributed by atoms with Gasteiger partial charge in [0.2, 0.25) is 0 Å². The number of aliphatic imine (C=N–C) groups is 1.